The van der Waals surface area contributed by atoms with Crippen molar-refractivity contribution in [1.29, 1.82) is 0 Å². The first-order valence-electron chi connectivity index (χ1n) is 6.26. The van der Waals surface area contributed by atoms with Crippen molar-refractivity contribution < 1.29 is 0 Å². The normalized spacial score (nSPS) is 11.1. The molecule has 1 nitrogen and oxygen atoms in total. The third-order valence-electron chi connectivity index (χ3n) is 2.52. The van der Waals surface area contributed by atoms with Gasteiger partial charge in [-0.2, -0.15) is 0 Å². The summed E-state index contributed by atoms with van der Waals surface area (Å²) in [5, 5.41) is 0. The molecule has 0 aliphatic heterocycles. The van der Waals surface area contributed by atoms with Crippen LogP contribution in [0.1, 0.15) is 26.3 Å². The number of nitrogens with zero attached hydrogens (tertiary/aromatic N) is 1. The van der Waals surface area contributed by atoms with Crippen LogP contribution in [0.25, 0.3) is 0 Å². The molecule has 0 saturated heterocycles. The van der Waals surface area contributed by atoms with Crippen molar-refractivity contribution in [3.05, 3.63) is 48.7 Å². The van der Waals surface area contributed by atoms with Crippen LogP contribution >= 0.6 is 11.6 Å². The summed E-state index contributed by atoms with van der Waals surface area (Å²) in [5.74, 6) is 0.644. The van der Waals surface area contributed by atoms with Gasteiger partial charge in [-0.05, 0) is 25.1 Å². The fraction of sp³-hybridized carbons (Fsp3) is 0.467. The zero-order valence-electron chi connectivity index (χ0n) is 11.2. The van der Waals surface area contributed by atoms with Crippen molar-refractivity contribution in [2.24, 2.45) is 0 Å². The maximum absolute atomic E-state index is 5.73. The quantitative estimate of drug-likeness (QED) is 0.683. The first-order valence-corrected chi connectivity index (χ1v) is 6.79. The zero-order valence-corrected chi connectivity index (χ0v) is 12.0. The fourth-order valence-electron chi connectivity index (χ4n) is 1.66. The minimum atomic E-state index is 0.448. The number of halogens is 1. The van der Waals surface area contributed by atoms with E-state index in [2.05, 4.69) is 42.7 Å². The molecule has 0 spiro atoms. The monoisotopic (exact) mass is 253 g/mol. The highest BCUT2D eigenvalue weighted by Crippen LogP contribution is 2.08. The molecule has 0 aromatic heterocycles. The van der Waals surface area contributed by atoms with Gasteiger partial charge in [0.25, 0.3) is 0 Å². The van der Waals surface area contributed by atoms with Gasteiger partial charge < -0.3 is 4.90 Å². The Labute approximate surface area is 111 Å². The van der Waals surface area contributed by atoms with Gasteiger partial charge in [0.2, 0.25) is 0 Å². The average molecular weight is 254 g/mol. The molecule has 0 aliphatic rings. The fourth-order valence-corrected chi connectivity index (χ4v) is 1.86. The second kappa shape index (κ2) is 10.2. The Morgan fingerprint density at radius 2 is 1.88 bits per heavy atom. The van der Waals surface area contributed by atoms with Gasteiger partial charge in [-0.15, -0.1) is 11.6 Å². The predicted octanol–water partition coefficient (Wildman–Crippen LogP) is 4.33. The molecule has 17 heavy (non-hydrogen) atoms. The Balaban J connectivity index is 0.00000121. The molecule has 0 amide bonds. The standard InChI is InChI=1S/C13H18ClN.C2H6/c1-3-15(10-9-14)12(2)11-13-7-5-4-6-8-13;1-2/h3-8,12H,1,9-11H2,2H3;1-2H3. The summed E-state index contributed by atoms with van der Waals surface area (Å²) in [4.78, 5) is 2.18. The van der Waals surface area contributed by atoms with Crippen molar-refractivity contribution >= 4 is 11.6 Å². The summed E-state index contributed by atoms with van der Waals surface area (Å²) in [6.07, 6.45) is 2.90. The highest BCUT2D eigenvalue weighted by molar-refractivity contribution is 6.18. The van der Waals surface area contributed by atoms with Crippen LogP contribution in [0.5, 0.6) is 0 Å². The topological polar surface area (TPSA) is 3.24 Å². The third-order valence-corrected chi connectivity index (χ3v) is 2.69. The molecule has 0 N–H and O–H groups in total. The Kier molecular flexibility index (Phi) is 9.65. The molecular formula is C15H24ClN. The van der Waals surface area contributed by atoms with Crippen LogP contribution in [0, 0.1) is 0 Å². The number of hydrogen-bond donors (Lipinski definition) is 0. The summed E-state index contributed by atoms with van der Waals surface area (Å²) in [6, 6.07) is 10.9. The van der Waals surface area contributed by atoms with E-state index in [1.54, 1.807) is 0 Å². The molecule has 96 valence electrons. The highest BCUT2D eigenvalue weighted by atomic mass is 35.5. The number of rotatable bonds is 6. The lowest BCUT2D eigenvalue weighted by Gasteiger charge is -2.26. The Morgan fingerprint density at radius 3 is 2.35 bits per heavy atom. The first kappa shape index (κ1) is 16.1. The van der Waals surface area contributed by atoms with E-state index in [0.29, 0.717) is 11.9 Å². The number of benzene rings is 1. The molecule has 0 fully saturated rings. The molecule has 1 aromatic carbocycles. The minimum Gasteiger partial charge on any atom is -0.374 e. The summed E-state index contributed by atoms with van der Waals surface area (Å²) < 4.78 is 0. The summed E-state index contributed by atoms with van der Waals surface area (Å²) in [7, 11) is 0. The predicted molar refractivity (Wildman–Crippen MR) is 78.6 cm³/mol. The Morgan fingerprint density at radius 1 is 1.29 bits per heavy atom. The van der Waals surface area contributed by atoms with Crippen molar-refractivity contribution in [1.82, 2.24) is 4.90 Å². The van der Waals surface area contributed by atoms with Crippen molar-refractivity contribution in [2.45, 2.75) is 33.2 Å². The molecule has 0 aliphatic carbocycles. The van der Waals surface area contributed by atoms with E-state index in [1.165, 1.54) is 5.56 Å². The molecule has 1 atom stereocenters. The highest BCUT2D eigenvalue weighted by Gasteiger charge is 2.09. The smallest absolute Gasteiger partial charge is 0.0399 e. The molecule has 2 heteroatoms. The summed E-state index contributed by atoms with van der Waals surface area (Å²) in [5.41, 5.74) is 1.35. The maximum atomic E-state index is 5.73. The van der Waals surface area contributed by atoms with Crippen LogP contribution in [0.2, 0.25) is 0 Å². The van der Waals surface area contributed by atoms with Crippen LogP contribution < -0.4 is 0 Å². The van der Waals surface area contributed by atoms with E-state index in [-0.39, 0.29) is 0 Å². The van der Waals surface area contributed by atoms with E-state index in [4.69, 9.17) is 11.6 Å². The Hall–Kier alpha value is -0.950. The summed E-state index contributed by atoms with van der Waals surface area (Å²) in [6.45, 7) is 10.9. The minimum absolute atomic E-state index is 0.448. The third kappa shape index (κ3) is 6.38. The van der Waals surface area contributed by atoms with Crippen LogP contribution in [0.3, 0.4) is 0 Å². The van der Waals surface area contributed by atoms with Gasteiger partial charge in [0.05, 0.1) is 0 Å². The van der Waals surface area contributed by atoms with Crippen LogP contribution in [0.15, 0.2) is 43.1 Å². The van der Waals surface area contributed by atoms with Crippen LogP contribution in [-0.2, 0) is 6.42 Å². The lowest BCUT2D eigenvalue weighted by Crippen LogP contribution is -2.31. The molecule has 1 rings (SSSR count). The van der Waals surface area contributed by atoms with Crippen LogP contribution in [-0.4, -0.2) is 23.4 Å². The van der Waals surface area contributed by atoms with Gasteiger partial charge in [0.1, 0.15) is 0 Å². The van der Waals surface area contributed by atoms with E-state index < -0.39 is 0 Å². The van der Waals surface area contributed by atoms with Gasteiger partial charge in [-0.3, -0.25) is 0 Å². The largest absolute Gasteiger partial charge is 0.374 e. The molecule has 1 aromatic rings. The van der Waals surface area contributed by atoms with E-state index in [9.17, 15) is 0 Å². The van der Waals surface area contributed by atoms with E-state index in [1.807, 2.05) is 26.1 Å². The number of hydrogen-bond acceptors (Lipinski definition) is 1. The second-order valence-corrected chi connectivity index (χ2v) is 4.03. The van der Waals surface area contributed by atoms with Crippen molar-refractivity contribution in [2.75, 3.05) is 12.4 Å². The van der Waals surface area contributed by atoms with Crippen LogP contribution in [0.4, 0.5) is 0 Å². The molecule has 0 bridgehead atoms. The van der Waals surface area contributed by atoms with E-state index in [0.717, 1.165) is 13.0 Å². The van der Waals surface area contributed by atoms with Gasteiger partial charge in [-0.1, -0.05) is 50.8 Å². The molecule has 0 heterocycles. The summed E-state index contributed by atoms with van der Waals surface area (Å²) >= 11 is 5.73. The molecular weight excluding hydrogens is 230 g/mol. The number of alkyl halides is 1. The maximum Gasteiger partial charge on any atom is 0.0399 e. The first-order chi connectivity index (χ1) is 8.27. The second-order valence-electron chi connectivity index (χ2n) is 3.65. The van der Waals surface area contributed by atoms with Crippen molar-refractivity contribution in [3.63, 3.8) is 0 Å². The molecule has 1 unspecified atom stereocenters. The van der Waals surface area contributed by atoms with Gasteiger partial charge >= 0.3 is 0 Å². The Bertz CT molecular complexity index is 284. The van der Waals surface area contributed by atoms with Gasteiger partial charge in [0, 0.05) is 18.5 Å². The molecule has 0 saturated carbocycles. The van der Waals surface area contributed by atoms with Gasteiger partial charge in [0.15, 0.2) is 0 Å². The zero-order chi connectivity index (χ0) is 13.1. The van der Waals surface area contributed by atoms with E-state index >= 15 is 0 Å². The average Bonchev–Trinajstić information content (AvgIpc) is 2.39. The lowest BCUT2D eigenvalue weighted by atomic mass is 10.1. The SMILES string of the molecule is C=CN(CCCl)C(C)Cc1ccccc1.CC. The molecule has 0 radical (unpaired) electrons. The van der Waals surface area contributed by atoms with Crippen molar-refractivity contribution in [3.8, 4) is 0 Å². The van der Waals surface area contributed by atoms with Gasteiger partial charge in [-0.25, -0.2) is 0 Å². The lowest BCUT2D eigenvalue weighted by molar-refractivity contribution is 0.308.